The number of rotatable bonds is 5. The van der Waals surface area contributed by atoms with Crippen molar-refractivity contribution in [2.75, 3.05) is 13.1 Å². The Labute approximate surface area is 227 Å². The number of Topliss-reactive ketones (excluding diaryl/α,β-unsaturated/α-hetero) is 1. The standard InChI is InChI=1S/C31H28FN3O3S/c1-21-5-3-7-23(15-21)30(36)31-18-24-19-33-35(27-11-9-26(32)10-12-27)29(24)17-25(31)13-14-34(20-31)39(37,38)28-8-4-6-22(2)16-28/h3-12,15-17,19H,13-14,18,20H2,1-2H3/t31-/m0/s1. The Morgan fingerprint density at radius 1 is 0.974 bits per heavy atom. The molecule has 4 aromatic rings. The molecule has 1 fully saturated rings. The Hall–Kier alpha value is -3.88. The Kier molecular flexibility index (Phi) is 6.12. The van der Waals surface area contributed by atoms with E-state index in [4.69, 9.17) is 0 Å². The summed E-state index contributed by atoms with van der Waals surface area (Å²) in [6.45, 7) is 4.11. The second kappa shape index (κ2) is 9.39. The first-order valence-corrected chi connectivity index (χ1v) is 14.3. The van der Waals surface area contributed by atoms with E-state index in [1.807, 2.05) is 44.2 Å². The number of piperidine rings is 1. The largest absolute Gasteiger partial charge is 0.293 e. The molecule has 8 heteroatoms. The van der Waals surface area contributed by atoms with E-state index < -0.39 is 15.4 Å². The third-order valence-corrected chi connectivity index (χ3v) is 9.64. The Bertz CT molecular complexity index is 1740. The van der Waals surface area contributed by atoms with Crippen molar-refractivity contribution in [3.63, 3.8) is 0 Å². The summed E-state index contributed by atoms with van der Waals surface area (Å²) in [6, 6.07) is 20.4. The van der Waals surface area contributed by atoms with Gasteiger partial charge in [0.05, 0.1) is 27.9 Å². The number of benzene rings is 3. The maximum absolute atomic E-state index is 14.4. The van der Waals surface area contributed by atoms with Gasteiger partial charge in [-0.25, -0.2) is 17.5 Å². The zero-order chi connectivity index (χ0) is 27.4. The number of halogens is 1. The van der Waals surface area contributed by atoms with Gasteiger partial charge >= 0.3 is 0 Å². The summed E-state index contributed by atoms with van der Waals surface area (Å²) in [5.41, 5.74) is 4.60. The number of ketones is 1. The van der Waals surface area contributed by atoms with Crippen molar-refractivity contribution in [1.82, 2.24) is 14.1 Å². The van der Waals surface area contributed by atoms with Gasteiger partial charge in [-0.05, 0) is 86.4 Å². The smallest absolute Gasteiger partial charge is 0.243 e. The quantitative estimate of drug-likeness (QED) is 0.312. The summed E-state index contributed by atoms with van der Waals surface area (Å²) < 4.78 is 44.3. The minimum atomic E-state index is -3.82. The molecule has 1 atom stereocenters. The van der Waals surface area contributed by atoms with Crippen LogP contribution >= 0.6 is 0 Å². The molecule has 1 aromatic heterocycles. The molecule has 198 valence electrons. The molecule has 0 amide bonds. The van der Waals surface area contributed by atoms with Crippen LogP contribution in [0, 0.1) is 25.1 Å². The second-order valence-electron chi connectivity index (χ2n) is 10.5. The molecule has 0 radical (unpaired) electrons. The van der Waals surface area contributed by atoms with Crippen LogP contribution in [0.25, 0.3) is 11.8 Å². The first-order valence-electron chi connectivity index (χ1n) is 12.9. The molecule has 3 aromatic carbocycles. The van der Waals surface area contributed by atoms with Crippen molar-refractivity contribution in [1.29, 1.82) is 0 Å². The average molecular weight is 542 g/mol. The van der Waals surface area contributed by atoms with Crippen LogP contribution in [0.2, 0.25) is 0 Å². The van der Waals surface area contributed by atoms with E-state index in [9.17, 15) is 17.6 Å². The monoisotopic (exact) mass is 541 g/mol. The number of nitrogens with zero attached hydrogens (tertiary/aromatic N) is 3. The van der Waals surface area contributed by atoms with Gasteiger partial charge in [-0.1, -0.05) is 41.5 Å². The number of aromatic nitrogens is 2. The van der Waals surface area contributed by atoms with Gasteiger partial charge in [0.25, 0.3) is 0 Å². The molecule has 0 N–H and O–H groups in total. The maximum atomic E-state index is 14.4. The first kappa shape index (κ1) is 25.4. The molecule has 2 aliphatic rings. The number of fused-ring (bicyclic) bond motifs is 2. The molecule has 0 saturated carbocycles. The van der Waals surface area contributed by atoms with E-state index in [0.717, 1.165) is 28.0 Å². The highest BCUT2D eigenvalue weighted by molar-refractivity contribution is 7.89. The number of hydrogen-bond donors (Lipinski definition) is 0. The van der Waals surface area contributed by atoms with Crippen LogP contribution in [0.5, 0.6) is 0 Å². The van der Waals surface area contributed by atoms with E-state index in [-0.39, 0.29) is 29.6 Å². The van der Waals surface area contributed by atoms with E-state index in [1.54, 1.807) is 47.3 Å². The van der Waals surface area contributed by atoms with Crippen LogP contribution in [0.4, 0.5) is 4.39 Å². The lowest BCUT2D eigenvalue weighted by Gasteiger charge is -2.45. The topological polar surface area (TPSA) is 72.3 Å². The van der Waals surface area contributed by atoms with Crippen LogP contribution in [-0.2, 0) is 16.4 Å². The molecule has 6 nitrogen and oxygen atoms in total. The number of carbonyl (C=O) groups excluding carboxylic acids is 1. The molecule has 0 spiro atoms. The lowest BCUT2D eigenvalue weighted by atomic mass is 9.65. The van der Waals surface area contributed by atoms with E-state index in [0.29, 0.717) is 24.1 Å². The van der Waals surface area contributed by atoms with Crippen molar-refractivity contribution >= 4 is 21.9 Å². The van der Waals surface area contributed by atoms with Crippen molar-refractivity contribution < 1.29 is 17.6 Å². The summed E-state index contributed by atoms with van der Waals surface area (Å²) in [7, 11) is -3.82. The van der Waals surface area contributed by atoms with Gasteiger partial charge in [-0.15, -0.1) is 0 Å². The third-order valence-electron chi connectivity index (χ3n) is 7.79. The molecule has 2 heterocycles. The number of carbonyl (C=O) groups is 1. The zero-order valence-corrected chi connectivity index (χ0v) is 22.6. The molecule has 1 saturated heterocycles. The fraction of sp³-hybridized carbons (Fsp3) is 0.226. The molecule has 39 heavy (non-hydrogen) atoms. The summed E-state index contributed by atoms with van der Waals surface area (Å²) in [4.78, 5) is 14.6. The number of sulfonamides is 1. The summed E-state index contributed by atoms with van der Waals surface area (Å²) in [6.07, 6.45) is 4.45. The minimum absolute atomic E-state index is 0.0447. The van der Waals surface area contributed by atoms with Crippen LogP contribution in [0.1, 0.15) is 39.2 Å². The van der Waals surface area contributed by atoms with Gasteiger partial charge in [0, 0.05) is 18.7 Å². The van der Waals surface area contributed by atoms with Crippen LogP contribution in [-0.4, -0.2) is 41.4 Å². The van der Waals surface area contributed by atoms with Gasteiger partial charge < -0.3 is 0 Å². The van der Waals surface area contributed by atoms with Gasteiger partial charge in [-0.3, -0.25) is 4.79 Å². The molecule has 6 rings (SSSR count). The number of aryl methyl sites for hydroxylation is 2. The number of hydrogen-bond acceptors (Lipinski definition) is 4. The second-order valence-corrected chi connectivity index (χ2v) is 12.4. The summed E-state index contributed by atoms with van der Waals surface area (Å²) >= 11 is 0. The molecule has 1 aliphatic carbocycles. The lowest BCUT2D eigenvalue weighted by Crippen LogP contribution is -2.53. The van der Waals surface area contributed by atoms with Crippen LogP contribution in [0.15, 0.2) is 89.5 Å². The van der Waals surface area contributed by atoms with Gasteiger partial charge in [0.2, 0.25) is 10.0 Å². The highest BCUT2D eigenvalue weighted by Gasteiger charge is 2.51. The van der Waals surface area contributed by atoms with Gasteiger partial charge in [0.15, 0.2) is 5.78 Å². The molecular formula is C31H28FN3O3S. The fourth-order valence-corrected chi connectivity index (χ4v) is 7.40. The van der Waals surface area contributed by atoms with Crippen molar-refractivity contribution in [2.45, 2.75) is 31.6 Å². The fourth-order valence-electron chi connectivity index (χ4n) is 5.80. The normalized spacial score (nSPS) is 19.2. The Morgan fingerprint density at radius 3 is 2.41 bits per heavy atom. The van der Waals surface area contributed by atoms with Gasteiger partial charge in [0.1, 0.15) is 5.82 Å². The maximum Gasteiger partial charge on any atom is 0.243 e. The van der Waals surface area contributed by atoms with Crippen molar-refractivity contribution in [3.05, 3.63) is 118 Å². The molecule has 0 unspecified atom stereocenters. The van der Waals surface area contributed by atoms with Crippen molar-refractivity contribution in [2.24, 2.45) is 5.41 Å². The lowest BCUT2D eigenvalue weighted by molar-refractivity contribution is 0.0775. The zero-order valence-electron chi connectivity index (χ0n) is 21.8. The van der Waals surface area contributed by atoms with Crippen LogP contribution in [0.3, 0.4) is 0 Å². The summed E-state index contributed by atoms with van der Waals surface area (Å²) in [5.74, 6) is -0.426. The minimum Gasteiger partial charge on any atom is -0.293 e. The molecular weight excluding hydrogens is 513 g/mol. The highest BCUT2D eigenvalue weighted by Crippen LogP contribution is 2.47. The highest BCUT2D eigenvalue weighted by atomic mass is 32.2. The third kappa shape index (κ3) is 4.33. The van der Waals surface area contributed by atoms with Gasteiger partial charge in [-0.2, -0.15) is 9.40 Å². The van der Waals surface area contributed by atoms with Crippen LogP contribution < -0.4 is 0 Å². The summed E-state index contributed by atoms with van der Waals surface area (Å²) in [5, 5.41) is 4.56. The SMILES string of the molecule is Cc1cccc(C(=O)[C@]23Cc4cnn(-c5ccc(F)cc5)c4C=C2CCN(S(=O)(=O)c2cccc(C)c2)C3)c1. The first-order chi connectivity index (χ1) is 18.7. The average Bonchev–Trinajstić information content (AvgIpc) is 3.33. The van der Waals surface area contributed by atoms with E-state index in [2.05, 4.69) is 5.10 Å². The van der Waals surface area contributed by atoms with Crippen molar-refractivity contribution in [3.8, 4) is 5.69 Å². The predicted octanol–water partition coefficient (Wildman–Crippen LogP) is 5.53. The molecule has 0 bridgehead atoms. The molecule has 1 aliphatic heterocycles. The predicted molar refractivity (Wildman–Crippen MR) is 148 cm³/mol. The Balaban J connectivity index is 1.46. The van der Waals surface area contributed by atoms with E-state index >= 15 is 0 Å². The van der Waals surface area contributed by atoms with E-state index in [1.165, 1.54) is 16.4 Å². The Morgan fingerprint density at radius 2 is 1.69 bits per heavy atom.